The average Bonchev–Trinajstić information content (AvgIpc) is 3.88. The maximum absolute atomic E-state index is 11.0. The summed E-state index contributed by atoms with van der Waals surface area (Å²) in [5.74, 6) is -0.165. The highest BCUT2D eigenvalue weighted by atomic mass is 16.7. The number of anilines is 1. The number of benzene rings is 1. The van der Waals surface area contributed by atoms with Crippen LogP contribution in [0.4, 0.5) is 5.69 Å². The maximum Gasteiger partial charge on any atom is 0.338 e. The first kappa shape index (κ1) is 54.5. The van der Waals surface area contributed by atoms with Crippen molar-refractivity contribution in [1.82, 2.24) is 0 Å². The standard InChI is InChI=1S/C11H17NO2.C8H12O5.B28/c1-8(9(2)13)12-10-4-6-11(14-3)7-5-10;1-3-11-7(9)5-6(13-5)8(10)12-4-2;1-16(2)23(15)27(24(17(3)4)18(5)6)28(25(19(7)8)20(9)10)26(21(11)12)22(13)14/h4-9,12-13H,1-3H3;5-6H,3-4H2,1-2H3;/t8?,9-;5-,6-;/m01./s1. The van der Waals surface area contributed by atoms with Crippen LogP contribution in [0, 0.1) is 0 Å². The van der Waals surface area contributed by atoms with Crippen molar-refractivity contribution in [2.24, 2.45) is 0 Å². The minimum Gasteiger partial charge on any atom is -0.497 e. The number of hydrogen-bond donors (Lipinski definition) is 2. The zero-order chi connectivity index (χ0) is 42.9. The van der Waals surface area contributed by atoms with Gasteiger partial charge in [-0.1, -0.05) is 0 Å². The van der Waals surface area contributed by atoms with E-state index in [0.717, 1.165) is 11.4 Å². The van der Waals surface area contributed by atoms with Crippen molar-refractivity contribution in [3.63, 3.8) is 0 Å². The smallest absolute Gasteiger partial charge is 0.338 e. The number of epoxide rings is 1. The highest BCUT2D eigenvalue weighted by Crippen LogP contribution is 2.24. The summed E-state index contributed by atoms with van der Waals surface area (Å²) in [4.78, 5) is 21.9. The van der Waals surface area contributed by atoms with Crippen LogP contribution in [0.15, 0.2) is 24.3 Å². The molecule has 2 N–H and O–H groups in total. The Hall–Kier alpha value is -0.502. The van der Waals surface area contributed by atoms with Gasteiger partial charge in [-0.2, -0.15) is 0 Å². The highest BCUT2D eigenvalue weighted by Gasteiger charge is 2.53. The number of esters is 2. The Morgan fingerprint density at radius 3 is 1.25 bits per heavy atom. The van der Waals surface area contributed by atoms with Gasteiger partial charge in [-0.3, -0.25) is 0 Å². The molecule has 236 valence electrons. The number of hydrogen-bond acceptors (Lipinski definition) is 8. The van der Waals surface area contributed by atoms with Crippen molar-refractivity contribution in [1.29, 1.82) is 0 Å². The molecular weight excluding hydrogens is 657 g/mol. The van der Waals surface area contributed by atoms with E-state index < -0.39 is 107 Å². The van der Waals surface area contributed by atoms with E-state index in [-0.39, 0.29) is 25.4 Å². The van der Waals surface area contributed by atoms with Gasteiger partial charge < -0.3 is 29.4 Å². The first-order valence-corrected chi connectivity index (χ1v) is 17.9. The summed E-state index contributed by atoms with van der Waals surface area (Å²) >= 11 is 0. The number of aliphatic hydroxyl groups excluding tert-OH is 1. The predicted octanol–water partition coefficient (Wildman–Crippen LogP) is -8.91. The molecule has 1 aromatic carbocycles. The number of carbonyl (C=O) groups is 2. The fourth-order valence-electron chi connectivity index (χ4n) is 6.10. The topological polar surface area (TPSA) is 107 Å². The van der Waals surface area contributed by atoms with E-state index in [4.69, 9.17) is 126 Å². The predicted molar refractivity (Wildman–Crippen MR) is 261 cm³/mol. The van der Waals surface area contributed by atoms with E-state index in [1.165, 1.54) is 0 Å². The quantitative estimate of drug-likeness (QED) is 0.0793. The van der Waals surface area contributed by atoms with Gasteiger partial charge in [-0.15, -0.1) is 0 Å². The summed E-state index contributed by atoms with van der Waals surface area (Å²) in [6.45, 7) is 7.66. The molecule has 0 saturated carbocycles. The molecule has 4 atom stereocenters. The Kier molecular flexibility index (Phi) is 27.0. The third-order valence-electron chi connectivity index (χ3n) is 9.07. The van der Waals surface area contributed by atoms with E-state index >= 15 is 0 Å². The van der Waals surface area contributed by atoms with Crippen molar-refractivity contribution in [2.75, 3.05) is 25.6 Å². The van der Waals surface area contributed by atoms with Crippen molar-refractivity contribution < 1.29 is 33.6 Å². The van der Waals surface area contributed by atoms with Gasteiger partial charge in [0, 0.05) is 211 Å². The third-order valence-corrected chi connectivity index (χ3v) is 9.07. The van der Waals surface area contributed by atoms with Crippen LogP contribution in [0.5, 0.6) is 5.75 Å². The van der Waals surface area contributed by atoms with E-state index in [1.54, 1.807) is 27.9 Å². The number of rotatable bonds is 20. The van der Waals surface area contributed by atoms with Crippen molar-refractivity contribution in [3.05, 3.63) is 24.3 Å². The molecule has 1 saturated heterocycles. The van der Waals surface area contributed by atoms with E-state index in [2.05, 4.69) is 14.8 Å². The number of carbonyl (C=O) groups excluding carboxylic acids is 2. The Balaban J connectivity index is 0.000000892. The molecule has 1 aliphatic heterocycles. The first-order valence-electron chi connectivity index (χ1n) is 17.9. The molecule has 0 spiro atoms. The second-order valence-corrected chi connectivity index (χ2v) is 13.4. The van der Waals surface area contributed by atoms with Crippen LogP contribution in [-0.2, 0) is 23.8 Å². The van der Waals surface area contributed by atoms with Crippen LogP contribution >= 0.6 is 0 Å². The highest BCUT2D eigenvalue weighted by molar-refractivity contribution is 8.26. The van der Waals surface area contributed by atoms with Crippen LogP contribution in [0.2, 0.25) is 0 Å². The maximum atomic E-state index is 11.0. The Labute approximate surface area is 356 Å². The van der Waals surface area contributed by atoms with Gasteiger partial charge in [0.15, 0.2) is 12.2 Å². The molecule has 1 unspecified atom stereocenters. The molecule has 1 aliphatic rings. The largest absolute Gasteiger partial charge is 0.497 e. The van der Waals surface area contributed by atoms with Gasteiger partial charge in [-0.05, 0) is 52.0 Å². The molecule has 55 heavy (non-hydrogen) atoms. The molecule has 0 aromatic heterocycles. The Bertz CT molecular complexity index is 1160. The molecule has 0 amide bonds. The molecular formula is C19H29B28NO7. The lowest BCUT2D eigenvalue weighted by atomic mass is 8.32. The van der Waals surface area contributed by atoms with E-state index in [0.29, 0.717) is 0 Å². The summed E-state index contributed by atoms with van der Waals surface area (Å²) < 4.78 is 19.1. The van der Waals surface area contributed by atoms with Gasteiger partial charge in [0.25, 0.3) is 0 Å². The lowest BCUT2D eigenvalue weighted by Gasteiger charge is -2.49. The van der Waals surface area contributed by atoms with Gasteiger partial charge in [-0.25, -0.2) is 9.59 Å². The normalized spacial score (nSPS) is 14.4. The van der Waals surface area contributed by atoms with Gasteiger partial charge >= 0.3 is 11.9 Å². The summed E-state index contributed by atoms with van der Waals surface area (Å²) in [7, 11) is 91.2. The van der Waals surface area contributed by atoms with Crippen LogP contribution in [-0.4, -0.2) is 261 Å². The van der Waals surface area contributed by atoms with Crippen molar-refractivity contribution in [3.8, 4) is 5.75 Å². The van der Waals surface area contributed by atoms with Crippen LogP contribution in [0.25, 0.3) is 0 Å². The van der Waals surface area contributed by atoms with E-state index in [9.17, 15) is 14.7 Å². The molecule has 2 rings (SSSR count). The summed E-state index contributed by atoms with van der Waals surface area (Å²) in [6, 6.07) is 7.67. The molecule has 36 heteroatoms. The molecule has 1 heterocycles. The number of nitrogens with one attached hydrogen (secondary N) is 1. The van der Waals surface area contributed by atoms with E-state index in [1.807, 2.05) is 31.2 Å². The Morgan fingerprint density at radius 1 is 0.636 bits per heavy atom. The van der Waals surface area contributed by atoms with Crippen molar-refractivity contribution >= 4 is 217 Å². The fourth-order valence-corrected chi connectivity index (χ4v) is 6.10. The van der Waals surface area contributed by atoms with Gasteiger partial charge in [0.1, 0.15) is 5.75 Å². The fraction of sp³-hybridized carbons (Fsp3) is 0.579. The second kappa shape index (κ2) is 27.3. The van der Waals surface area contributed by atoms with Gasteiger partial charge in [0.05, 0.1) is 26.4 Å². The number of methoxy groups -OCH3 is 1. The molecule has 0 bridgehead atoms. The first-order chi connectivity index (χ1) is 25.5. The van der Waals surface area contributed by atoms with Crippen molar-refractivity contribution in [2.45, 2.75) is 52.0 Å². The number of aliphatic hydroxyl groups is 1. The SMILES string of the molecule is CCOC(=O)[C@@H]1O[C@H]1C(=O)OCC.COc1ccc(NC(C)[C@H](C)O)cc1.[B]B([B])B([B])B(B(B([B])[B])B([B])[B])B(B(B([B])[B])B([B])[B])B(B([B])[B])B([B])[B]. The zero-order valence-electron chi connectivity index (χ0n) is 32.6. The molecule has 1 aromatic rings. The molecule has 30 radical (unpaired) electrons. The molecule has 0 aliphatic carbocycles. The zero-order valence-corrected chi connectivity index (χ0v) is 32.6. The molecule has 1 fully saturated rings. The Morgan fingerprint density at radius 2 is 0.982 bits per heavy atom. The molecule has 8 nitrogen and oxygen atoms in total. The van der Waals surface area contributed by atoms with Crippen LogP contribution in [0.3, 0.4) is 0 Å². The average molecular weight is 686 g/mol. The minimum absolute atomic E-state index is 0.0448. The lowest BCUT2D eigenvalue weighted by Crippen LogP contribution is -2.87. The second-order valence-electron chi connectivity index (χ2n) is 13.4. The number of ether oxygens (including phenoxy) is 4. The van der Waals surface area contributed by atoms with Gasteiger partial charge in [0.2, 0.25) is 0 Å². The minimum atomic E-state index is -1.03. The summed E-state index contributed by atoms with van der Waals surface area (Å²) in [6.07, 6.45) is -14.1. The summed E-state index contributed by atoms with van der Waals surface area (Å²) in [5.41, 5.74) is 0.985. The van der Waals surface area contributed by atoms with Crippen LogP contribution in [0.1, 0.15) is 27.7 Å². The monoisotopic (exact) mass is 691 g/mol. The lowest BCUT2D eigenvalue weighted by molar-refractivity contribution is -0.147. The van der Waals surface area contributed by atoms with Crippen LogP contribution < -0.4 is 10.1 Å². The summed E-state index contributed by atoms with van der Waals surface area (Å²) in [5, 5.41) is 12.5. The third kappa shape index (κ3) is 18.5.